The largest absolute Gasteiger partial charge is 0.489 e. The van der Waals surface area contributed by atoms with Crippen LogP contribution in [0.2, 0.25) is 0 Å². The minimum atomic E-state index is -3.85. The smallest absolute Gasteiger partial charge is 0.337 e. The third kappa shape index (κ3) is 4.01. The average Bonchev–Trinajstić information content (AvgIpc) is 3.02. The van der Waals surface area contributed by atoms with Gasteiger partial charge in [-0.1, -0.05) is 0 Å². The van der Waals surface area contributed by atoms with Gasteiger partial charge < -0.3 is 9.47 Å². The summed E-state index contributed by atoms with van der Waals surface area (Å²) in [6.07, 6.45) is 2.25. The number of methoxy groups -OCH3 is 1. The van der Waals surface area contributed by atoms with Crippen molar-refractivity contribution >= 4 is 21.7 Å². The number of carbonyl (C=O) groups excluding carboxylic acids is 1. The highest BCUT2D eigenvalue weighted by molar-refractivity contribution is 7.92. The second kappa shape index (κ2) is 6.69. The van der Waals surface area contributed by atoms with Crippen molar-refractivity contribution in [2.75, 3.05) is 11.8 Å². The number of ether oxygens (including phenoxy) is 2. The van der Waals surface area contributed by atoms with Crippen LogP contribution in [0.4, 0.5) is 5.69 Å². The van der Waals surface area contributed by atoms with E-state index in [9.17, 15) is 13.2 Å². The highest BCUT2D eigenvalue weighted by Crippen LogP contribution is 2.29. The summed E-state index contributed by atoms with van der Waals surface area (Å²) < 4.78 is 37.2. The van der Waals surface area contributed by atoms with Gasteiger partial charge in [0.15, 0.2) is 0 Å². The summed E-state index contributed by atoms with van der Waals surface area (Å²) in [5, 5.41) is 6.04. The number of aromatic amines is 1. The Morgan fingerprint density at radius 2 is 2.09 bits per heavy atom. The molecule has 0 saturated heterocycles. The van der Waals surface area contributed by atoms with Gasteiger partial charge in [0.2, 0.25) is 0 Å². The number of nitrogens with zero attached hydrogens (tertiary/aromatic N) is 1. The summed E-state index contributed by atoms with van der Waals surface area (Å²) in [5.41, 5.74) is 0.344. The number of sulfonamides is 1. The van der Waals surface area contributed by atoms with Gasteiger partial charge in [0.25, 0.3) is 10.0 Å². The zero-order chi connectivity index (χ0) is 17.0. The van der Waals surface area contributed by atoms with Gasteiger partial charge in [0.05, 0.1) is 30.7 Å². The fourth-order valence-corrected chi connectivity index (χ4v) is 2.77. The number of anilines is 1. The van der Waals surface area contributed by atoms with Crippen LogP contribution >= 0.6 is 0 Å². The predicted molar refractivity (Wildman–Crippen MR) is 82.9 cm³/mol. The minimum Gasteiger partial charge on any atom is -0.489 e. The SMILES string of the molecule is COC(=O)c1ccc(OC(C)C)c(NS(=O)(=O)c2cn[nH]c2)c1. The minimum absolute atomic E-state index is 0.0310. The monoisotopic (exact) mass is 339 g/mol. The Morgan fingerprint density at radius 3 is 2.65 bits per heavy atom. The third-order valence-corrected chi connectivity index (χ3v) is 4.12. The van der Waals surface area contributed by atoms with Gasteiger partial charge >= 0.3 is 5.97 Å². The van der Waals surface area contributed by atoms with E-state index in [2.05, 4.69) is 19.7 Å². The number of H-pyrrole nitrogens is 1. The molecular weight excluding hydrogens is 322 g/mol. The Morgan fingerprint density at radius 1 is 1.35 bits per heavy atom. The first-order valence-corrected chi connectivity index (χ1v) is 8.22. The van der Waals surface area contributed by atoms with Gasteiger partial charge in [-0.15, -0.1) is 0 Å². The zero-order valence-electron chi connectivity index (χ0n) is 12.9. The van der Waals surface area contributed by atoms with E-state index in [0.29, 0.717) is 5.75 Å². The highest BCUT2D eigenvalue weighted by atomic mass is 32.2. The Balaban J connectivity index is 2.42. The van der Waals surface area contributed by atoms with Crippen molar-refractivity contribution in [1.29, 1.82) is 0 Å². The molecule has 0 aliphatic carbocycles. The maximum absolute atomic E-state index is 12.3. The Kier molecular flexibility index (Phi) is 4.89. The molecule has 2 rings (SSSR count). The number of hydrogen-bond donors (Lipinski definition) is 2. The molecule has 9 heteroatoms. The van der Waals surface area contributed by atoms with Gasteiger partial charge in [-0.05, 0) is 32.0 Å². The first-order chi connectivity index (χ1) is 10.8. The molecule has 1 aromatic heterocycles. The van der Waals surface area contributed by atoms with E-state index in [4.69, 9.17) is 4.74 Å². The van der Waals surface area contributed by atoms with Gasteiger partial charge in [0.1, 0.15) is 10.6 Å². The quantitative estimate of drug-likeness (QED) is 0.776. The number of nitrogens with one attached hydrogen (secondary N) is 2. The van der Waals surface area contributed by atoms with Crippen molar-refractivity contribution in [2.45, 2.75) is 24.8 Å². The molecule has 1 heterocycles. The van der Waals surface area contributed by atoms with E-state index in [1.165, 1.54) is 37.7 Å². The van der Waals surface area contributed by atoms with Crippen LogP contribution in [-0.4, -0.2) is 37.8 Å². The lowest BCUT2D eigenvalue weighted by Gasteiger charge is -2.16. The lowest BCUT2D eigenvalue weighted by Crippen LogP contribution is -2.15. The van der Waals surface area contributed by atoms with E-state index in [0.717, 1.165) is 0 Å². The van der Waals surface area contributed by atoms with Crippen molar-refractivity contribution in [1.82, 2.24) is 10.2 Å². The van der Waals surface area contributed by atoms with Gasteiger partial charge in [0, 0.05) is 6.20 Å². The highest BCUT2D eigenvalue weighted by Gasteiger charge is 2.20. The van der Waals surface area contributed by atoms with Crippen molar-refractivity contribution in [2.24, 2.45) is 0 Å². The summed E-state index contributed by atoms with van der Waals surface area (Å²) in [6.45, 7) is 3.62. The average molecular weight is 339 g/mol. The van der Waals surface area contributed by atoms with E-state index in [1.54, 1.807) is 0 Å². The van der Waals surface area contributed by atoms with Crippen LogP contribution in [0.15, 0.2) is 35.5 Å². The first kappa shape index (κ1) is 16.8. The second-order valence-corrected chi connectivity index (χ2v) is 6.59. The Hall–Kier alpha value is -2.55. The number of aromatic nitrogens is 2. The topological polar surface area (TPSA) is 110 Å². The summed E-state index contributed by atoms with van der Waals surface area (Å²) in [7, 11) is -2.61. The van der Waals surface area contributed by atoms with Crippen molar-refractivity contribution < 1.29 is 22.7 Å². The van der Waals surface area contributed by atoms with Crippen molar-refractivity contribution in [3.63, 3.8) is 0 Å². The second-order valence-electron chi connectivity index (χ2n) is 4.91. The number of benzene rings is 1. The fourth-order valence-electron chi connectivity index (χ4n) is 1.80. The van der Waals surface area contributed by atoms with Crippen LogP contribution in [0.3, 0.4) is 0 Å². The molecule has 8 nitrogen and oxygen atoms in total. The number of esters is 1. The van der Waals surface area contributed by atoms with Crippen molar-refractivity contribution in [3.05, 3.63) is 36.2 Å². The lowest BCUT2D eigenvalue weighted by molar-refractivity contribution is 0.0600. The van der Waals surface area contributed by atoms with Crippen LogP contribution in [0.1, 0.15) is 24.2 Å². The van der Waals surface area contributed by atoms with E-state index in [1.807, 2.05) is 13.8 Å². The molecule has 0 radical (unpaired) electrons. The molecule has 124 valence electrons. The molecule has 23 heavy (non-hydrogen) atoms. The number of carbonyl (C=O) groups is 1. The maximum Gasteiger partial charge on any atom is 0.337 e. The Bertz CT molecular complexity index is 785. The molecular formula is C14H17N3O5S. The van der Waals surface area contributed by atoms with Gasteiger partial charge in [-0.3, -0.25) is 9.82 Å². The standard InChI is InChI=1S/C14H17N3O5S/c1-9(2)22-13-5-4-10(14(18)21-3)6-12(13)17-23(19,20)11-7-15-16-8-11/h4-9,17H,1-3H3,(H,15,16). The normalized spacial score (nSPS) is 11.3. The van der Waals surface area contributed by atoms with E-state index >= 15 is 0 Å². The number of hydrogen-bond acceptors (Lipinski definition) is 6. The molecule has 2 aromatic rings. The van der Waals surface area contributed by atoms with Gasteiger partial charge in [-0.2, -0.15) is 5.10 Å². The zero-order valence-corrected chi connectivity index (χ0v) is 13.7. The fraction of sp³-hybridized carbons (Fsp3) is 0.286. The lowest BCUT2D eigenvalue weighted by atomic mass is 10.2. The van der Waals surface area contributed by atoms with Gasteiger partial charge in [-0.25, -0.2) is 13.2 Å². The summed E-state index contributed by atoms with van der Waals surface area (Å²) in [4.78, 5) is 11.6. The first-order valence-electron chi connectivity index (χ1n) is 6.74. The molecule has 2 N–H and O–H groups in total. The summed E-state index contributed by atoms with van der Waals surface area (Å²) >= 11 is 0. The van der Waals surface area contributed by atoms with Crippen LogP contribution in [0.25, 0.3) is 0 Å². The molecule has 0 atom stereocenters. The summed E-state index contributed by atoms with van der Waals surface area (Å²) in [6, 6.07) is 4.37. The van der Waals surface area contributed by atoms with Crippen LogP contribution in [0.5, 0.6) is 5.75 Å². The van der Waals surface area contributed by atoms with Crippen LogP contribution in [-0.2, 0) is 14.8 Å². The Labute approximate surface area is 133 Å². The van der Waals surface area contributed by atoms with E-state index in [-0.39, 0.29) is 22.3 Å². The third-order valence-electron chi connectivity index (χ3n) is 2.79. The van der Waals surface area contributed by atoms with Crippen molar-refractivity contribution in [3.8, 4) is 5.75 Å². The molecule has 0 saturated carbocycles. The molecule has 0 fully saturated rings. The molecule has 0 unspecified atom stereocenters. The van der Waals surface area contributed by atoms with Crippen LogP contribution in [0, 0.1) is 0 Å². The van der Waals surface area contributed by atoms with Crippen LogP contribution < -0.4 is 9.46 Å². The molecule has 0 amide bonds. The molecule has 0 spiro atoms. The number of rotatable bonds is 6. The molecule has 0 aliphatic rings. The summed E-state index contributed by atoms with van der Waals surface area (Å²) in [5.74, 6) is -0.274. The molecule has 0 aliphatic heterocycles. The molecule has 0 bridgehead atoms. The predicted octanol–water partition coefficient (Wildman–Crippen LogP) is 1.78. The van der Waals surface area contributed by atoms with E-state index < -0.39 is 16.0 Å². The molecule has 1 aromatic carbocycles. The maximum atomic E-state index is 12.3.